The molecule has 2 N–H and O–H groups in total. The summed E-state index contributed by atoms with van der Waals surface area (Å²) >= 11 is 0. The van der Waals surface area contributed by atoms with E-state index in [2.05, 4.69) is 58.5 Å². The molecule has 0 aromatic heterocycles. The number of hydrazine groups is 1. The van der Waals surface area contributed by atoms with E-state index in [1.165, 1.54) is 12.1 Å². The molecule has 0 unspecified atom stereocenters. The molecule has 0 radical (unpaired) electrons. The van der Waals surface area contributed by atoms with Crippen LogP contribution in [0.2, 0.25) is 0 Å². The number of nitrogens with one attached hydrogen (secondary N) is 2. The number of benzene rings is 2. The molecule has 2 aromatic rings. The number of nitro groups is 1. The molecule has 0 aliphatic heterocycles. The van der Waals surface area contributed by atoms with Crippen molar-refractivity contribution < 1.29 is 14.5 Å². The number of non-ortho nitro benzene ring substituents is 1. The fraction of sp³-hybridized carbons (Fsp3) is 0.417. The van der Waals surface area contributed by atoms with E-state index in [9.17, 15) is 19.7 Å². The van der Waals surface area contributed by atoms with Gasteiger partial charge in [-0.05, 0) is 46.1 Å². The first-order chi connectivity index (χ1) is 14.3. The maximum absolute atomic E-state index is 12.7. The zero-order chi connectivity index (χ0) is 23.4. The van der Waals surface area contributed by atoms with Crippen LogP contribution in [0.15, 0.2) is 42.5 Å². The van der Waals surface area contributed by atoms with E-state index in [1.54, 1.807) is 12.1 Å². The van der Waals surface area contributed by atoms with E-state index in [-0.39, 0.29) is 34.8 Å². The molecule has 7 heteroatoms. The zero-order valence-electron chi connectivity index (χ0n) is 19.0. The van der Waals surface area contributed by atoms with Crippen molar-refractivity contribution in [2.45, 2.75) is 65.2 Å². The van der Waals surface area contributed by atoms with Crippen LogP contribution in [0.5, 0.6) is 0 Å². The normalized spacial score (nSPS) is 11.7. The molecule has 0 bridgehead atoms. The standard InChI is InChI=1S/C24H31N3O4/c1-23(2,3)18-13-17(14-19(15-18)24(4,5)6)22(29)26-25-21(28)12-9-16-7-10-20(11-8-16)27(30)31/h7-8,10-11,13-15H,9,12H2,1-6H3,(H,25,28)(H,26,29). The van der Waals surface area contributed by atoms with Gasteiger partial charge in [-0.25, -0.2) is 0 Å². The Morgan fingerprint density at radius 2 is 1.39 bits per heavy atom. The SMILES string of the molecule is CC(C)(C)c1cc(C(=O)NNC(=O)CCc2ccc([N+](=O)[O-])cc2)cc(C(C)(C)C)c1. The van der Waals surface area contributed by atoms with E-state index in [0.29, 0.717) is 12.0 Å². The van der Waals surface area contributed by atoms with Gasteiger partial charge in [-0.2, -0.15) is 0 Å². The highest BCUT2D eigenvalue weighted by molar-refractivity contribution is 5.95. The first-order valence-electron chi connectivity index (χ1n) is 10.3. The quantitative estimate of drug-likeness (QED) is 0.541. The van der Waals surface area contributed by atoms with Crippen molar-refractivity contribution in [2.24, 2.45) is 0 Å². The van der Waals surface area contributed by atoms with Gasteiger partial charge in [0, 0.05) is 24.1 Å². The van der Waals surface area contributed by atoms with Crippen LogP contribution in [0.25, 0.3) is 0 Å². The Kier molecular flexibility index (Phi) is 7.21. The third-order valence-electron chi connectivity index (χ3n) is 5.03. The lowest BCUT2D eigenvalue weighted by Gasteiger charge is -2.26. The van der Waals surface area contributed by atoms with Crippen LogP contribution in [0.3, 0.4) is 0 Å². The highest BCUT2D eigenvalue weighted by Crippen LogP contribution is 2.30. The molecule has 0 saturated heterocycles. The van der Waals surface area contributed by atoms with Gasteiger partial charge in [-0.1, -0.05) is 59.7 Å². The minimum Gasteiger partial charge on any atom is -0.273 e. The summed E-state index contributed by atoms with van der Waals surface area (Å²) in [6, 6.07) is 11.9. The molecule has 0 aliphatic rings. The van der Waals surface area contributed by atoms with Crippen molar-refractivity contribution in [3.05, 3.63) is 74.8 Å². The van der Waals surface area contributed by atoms with Gasteiger partial charge in [0.05, 0.1) is 4.92 Å². The van der Waals surface area contributed by atoms with Crippen molar-refractivity contribution in [2.75, 3.05) is 0 Å². The number of rotatable bonds is 5. The summed E-state index contributed by atoms with van der Waals surface area (Å²) in [6.45, 7) is 12.6. The molecule has 166 valence electrons. The minimum atomic E-state index is -0.467. The van der Waals surface area contributed by atoms with Crippen molar-refractivity contribution in [1.82, 2.24) is 10.9 Å². The van der Waals surface area contributed by atoms with Gasteiger partial charge in [0.2, 0.25) is 5.91 Å². The van der Waals surface area contributed by atoms with Gasteiger partial charge in [0.25, 0.3) is 11.6 Å². The lowest BCUT2D eigenvalue weighted by atomic mass is 9.79. The largest absolute Gasteiger partial charge is 0.273 e. The minimum absolute atomic E-state index is 0.00702. The average Bonchev–Trinajstić information content (AvgIpc) is 2.69. The molecule has 0 aliphatic carbocycles. The third kappa shape index (κ3) is 6.91. The second-order valence-corrected chi connectivity index (χ2v) is 9.72. The van der Waals surface area contributed by atoms with Gasteiger partial charge < -0.3 is 0 Å². The summed E-state index contributed by atoms with van der Waals surface area (Å²) in [5, 5.41) is 10.7. The molecule has 2 aromatic carbocycles. The predicted molar refractivity (Wildman–Crippen MR) is 121 cm³/mol. The summed E-state index contributed by atoms with van der Waals surface area (Å²) in [5.41, 5.74) is 8.10. The molecule has 31 heavy (non-hydrogen) atoms. The summed E-state index contributed by atoms with van der Waals surface area (Å²) in [7, 11) is 0. The van der Waals surface area contributed by atoms with Gasteiger partial charge in [-0.15, -0.1) is 0 Å². The first kappa shape index (κ1) is 24.1. The molecule has 0 saturated carbocycles. The third-order valence-corrected chi connectivity index (χ3v) is 5.03. The van der Waals surface area contributed by atoms with E-state index >= 15 is 0 Å². The number of aryl methyl sites for hydroxylation is 1. The number of nitro benzene ring substituents is 1. The Hall–Kier alpha value is -3.22. The van der Waals surface area contributed by atoms with Crippen molar-refractivity contribution in [3.8, 4) is 0 Å². The van der Waals surface area contributed by atoms with Crippen LogP contribution in [-0.4, -0.2) is 16.7 Å². The monoisotopic (exact) mass is 425 g/mol. The van der Waals surface area contributed by atoms with Crippen molar-refractivity contribution >= 4 is 17.5 Å². The van der Waals surface area contributed by atoms with Crippen LogP contribution in [0.1, 0.15) is 75.0 Å². The van der Waals surface area contributed by atoms with Crippen molar-refractivity contribution in [1.29, 1.82) is 0 Å². The molecule has 0 atom stereocenters. The number of carbonyl (C=O) groups excluding carboxylic acids is 2. The molecule has 2 rings (SSSR count). The number of nitrogens with zero attached hydrogens (tertiary/aromatic N) is 1. The topological polar surface area (TPSA) is 101 Å². The molecule has 7 nitrogen and oxygen atoms in total. The first-order valence-corrected chi connectivity index (χ1v) is 10.3. The maximum Gasteiger partial charge on any atom is 0.269 e. The molecule has 0 fully saturated rings. The number of hydrogen-bond acceptors (Lipinski definition) is 4. The van der Waals surface area contributed by atoms with Gasteiger partial charge >= 0.3 is 0 Å². The van der Waals surface area contributed by atoms with Gasteiger partial charge in [0.15, 0.2) is 0 Å². The Bertz CT molecular complexity index is 936. The number of hydrogen-bond donors (Lipinski definition) is 2. The van der Waals surface area contributed by atoms with E-state index < -0.39 is 4.92 Å². The Morgan fingerprint density at radius 3 is 1.84 bits per heavy atom. The Labute approximate surface area is 183 Å². The second-order valence-electron chi connectivity index (χ2n) is 9.72. The summed E-state index contributed by atoms with van der Waals surface area (Å²) in [5.74, 6) is -0.713. The predicted octanol–water partition coefficient (Wildman–Crippen LogP) is 4.58. The summed E-state index contributed by atoms with van der Waals surface area (Å²) in [6.07, 6.45) is 0.556. The van der Waals surface area contributed by atoms with E-state index in [4.69, 9.17) is 0 Å². The van der Waals surface area contributed by atoms with Crippen molar-refractivity contribution in [3.63, 3.8) is 0 Å². The highest BCUT2D eigenvalue weighted by atomic mass is 16.6. The van der Waals surface area contributed by atoms with Gasteiger partial charge in [0.1, 0.15) is 0 Å². The number of amides is 2. The van der Waals surface area contributed by atoms with Gasteiger partial charge in [-0.3, -0.25) is 30.6 Å². The van der Waals surface area contributed by atoms with Crippen LogP contribution in [0, 0.1) is 10.1 Å². The Balaban J connectivity index is 2.01. The lowest BCUT2D eigenvalue weighted by Crippen LogP contribution is -2.41. The summed E-state index contributed by atoms with van der Waals surface area (Å²) < 4.78 is 0. The van der Waals surface area contributed by atoms with E-state index in [0.717, 1.165) is 16.7 Å². The lowest BCUT2D eigenvalue weighted by molar-refractivity contribution is -0.384. The molecule has 0 heterocycles. The second kappa shape index (κ2) is 9.29. The highest BCUT2D eigenvalue weighted by Gasteiger charge is 2.22. The molecule has 0 spiro atoms. The Morgan fingerprint density at radius 1 is 0.871 bits per heavy atom. The zero-order valence-corrected chi connectivity index (χ0v) is 19.0. The molecular formula is C24H31N3O4. The maximum atomic E-state index is 12.7. The van der Waals surface area contributed by atoms with E-state index in [1.807, 2.05) is 12.1 Å². The van der Waals surface area contributed by atoms with Crippen LogP contribution in [-0.2, 0) is 22.0 Å². The molecular weight excluding hydrogens is 394 g/mol. The van der Waals surface area contributed by atoms with Crippen LogP contribution < -0.4 is 10.9 Å². The number of carbonyl (C=O) groups is 2. The molecule has 2 amide bonds. The fourth-order valence-electron chi connectivity index (χ4n) is 2.93. The van der Waals surface area contributed by atoms with Crippen LogP contribution in [0.4, 0.5) is 5.69 Å². The van der Waals surface area contributed by atoms with Crippen LogP contribution >= 0.6 is 0 Å². The fourth-order valence-corrected chi connectivity index (χ4v) is 2.93. The summed E-state index contributed by atoms with van der Waals surface area (Å²) in [4.78, 5) is 35.1. The smallest absolute Gasteiger partial charge is 0.269 e. The average molecular weight is 426 g/mol.